The molecule has 0 saturated heterocycles. The molecule has 0 fully saturated rings. The maximum Gasteiger partial charge on any atom is 0.120 e. The van der Waals surface area contributed by atoms with Crippen molar-refractivity contribution in [2.45, 2.75) is 39.4 Å². The first-order valence-corrected chi connectivity index (χ1v) is 6.02. The second-order valence-corrected chi connectivity index (χ2v) is 4.48. The van der Waals surface area contributed by atoms with Gasteiger partial charge in [0.25, 0.3) is 0 Å². The average molecular weight is 273 g/mol. The van der Waals surface area contributed by atoms with E-state index in [0.717, 1.165) is 28.6 Å². The van der Waals surface area contributed by atoms with Crippen LogP contribution in [-0.2, 0) is 6.61 Å². The van der Waals surface area contributed by atoms with Crippen LogP contribution in [0.5, 0.6) is 5.75 Å². The molecule has 0 aliphatic rings. The van der Waals surface area contributed by atoms with E-state index in [1.165, 1.54) is 0 Å². The average Bonchev–Trinajstić information content (AvgIpc) is 2.21. The molecule has 84 valence electrons. The van der Waals surface area contributed by atoms with Crippen LogP contribution in [-0.4, -0.2) is 11.2 Å². The van der Waals surface area contributed by atoms with Crippen molar-refractivity contribution in [3.05, 3.63) is 28.2 Å². The van der Waals surface area contributed by atoms with Crippen molar-refractivity contribution in [1.29, 1.82) is 0 Å². The summed E-state index contributed by atoms with van der Waals surface area (Å²) in [5.74, 6) is 0.822. The van der Waals surface area contributed by atoms with Crippen LogP contribution in [0.2, 0.25) is 0 Å². The summed E-state index contributed by atoms with van der Waals surface area (Å²) in [5.41, 5.74) is 0.858. The van der Waals surface area contributed by atoms with Crippen molar-refractivity contribution in [2.24, 2.45) is 0 Å². The number of aliphatic hydroxyl groups is 1. The zero-order chi connectivity index (χ0) is 11.3. The molecule has 1 unspecified atom stereocenters. The van der Waals surface area contributed by atoms with Crippen LogP contribution in [0.3, 0.4) is 0 Å². The molecule has 0 saturated carbocycles. The fourth-order valence-electron chi connectivity index (χ4n) is 1.44. The molecule has 15 heavy (non-hydrogen) atoms. The van der Waals surface area contributed by atoms with Gasteiger partial charge in [-0.2, -0.15) is 0 Å². The van der Waals surface area contributed by atoms with E-state index in [9.17, 15) is 0 Å². The summed E-state index contributed by atoms with van der Waals surface area (Å²) in [7, 11) is 0. The molecule has 0 aromatic heterocycles. The van der Waals surface area contributed by atoms with Crippen LogP contribution >= 0.6 is 15.9 Å². The van der Waals surface area contributed by atoms with Crippen molar-refractivity contribution in [2.75, 3.05) is 0 Å². The Hall–Kier alpha value is -0.540. The highest BCUT2D eigenvalue weighted by Gasteiger charge is 2.05. The van der Waals surface area contributed by atoms with E-state index < -0.39 is 0 Å². The number of hydrogen-bond acceptors (Lipinski definition) is 2. The monoisotopic (exact) mass is 272 g/mol. The normalized spacial score (nSPS) is 12.5. The Balaban J connectivity index is 2.69. The molecule has 0 amide bonds. The van der Waals surface area contributed by atoms with E-state index in [2.05, 4.69) is 29.8 Å². The number of rotatable bonds is 5. The first-order chi connectivity index (χ1) is 7.17. The minimum Gasteiger partial charge on any atom is -0.491 e. The smallest absolute Gasteiger partial charge is 0.120 e. The van der Waals surface area contributed by atoms with Gasteiger partial charge in [0.15, 0.2) is 0 Å². The molecule has 1 rings (SSSR count). The lowest BCUT2D eigenvalue weighted by molar-refractivity contribution is 0.209. The van der Waals surface area contributed by atoms with E-state index >= 15 is 0 Å². The highest BCUT2D eigenvalue weighted by atomic mass is 79.9. The highest BCUT2D eigenvalue weighted by Crippen LogP contribution is 2.23. The van der Waals surface area contributed by atoms with E-state index in [1.807, 2.05) is 18.2 Å². The highest BCUT2D eigenvalue weighted by molar-refractivity contribution is 9.10. The zero-order valence-electron chi connectivity index (χ0n) is 9.16. The maximum absolute atomic E-state index is 9.09. The Morgan fingerprint density at radius 1 is 1.47 bits per heavy atom. The topological polar surface area (TPSA) is 29.5 Å². The molecule has 0 bridgehead atoms. The molecule has 1 N–H and O–H groups in total. The Kier molecular flexibility index (Phi) is 5.12. The fraction of sp³-hybridized carbons (Fsp3) is 0.500. The van der Waals surface area contributed by atoms with Crippen molar-refractivity contribution in [3.63, 3.8) is 0 Å². The van der Waals surface area contributed by atoms with Crippen LogP contribution < -0.4 is 4.74 Å². The molecule has 1 aromatic carbocycles. The minimum absolute atomic E-state index is 0.0277. The van der Waals surface area contributed by atoms with Gasteiger partial charge in [0, 0.05) is 4.47 Å². The summed E-state index contributed by atoms with van der Waals surface area (Å²) in [4.78, 5) is 0. The Morgan fingerprint density at radius 2 is 2.20 bits per heavy atom. The maximum atomic E-state index is 9.09. The summed E-state index contributed by atoms with van der Waals surface area (Å²) in [5, 5.41) is 9.09. The van der Waals surface area contributed by atoms with Gasteiger partial charge in [-0.1, -0.05) is 29.3 Å². The standard InChI is InChI=1S/C12H17BrO2/c1-3-4-9(2)15-11-5-6-12(13)10(7-11)8-14/h5-7,9,14H,3-4,8H2,1-2H3. The molecular weight excluding hydrogens is 256 g/mol. The molecule has 1 atom stereocenters. The molecule has 0 aliphatic heterocycles. The zero-order valence-corrected chi connectivity index (χ0v) is 10.8. The molecule has 2 nitrogen and oxygen atoms in total. The van der Waals surface area contributed by atoms with Crippen molar-refractivity contribution in [1.82, 2.24) is 0 Å². The predicted octanol–water partition coefficient (Wildman–Crippen LogP) is 3.51. The fourth-order valence-corrected chi connectivity index (χ4v) is 1.82. The minimum atomic E-state index is 0.0277. The summed E-state index contributed by atoms with van der Waals surface area (Å²) < 4.78 is 6.64. The van der Waals surface area contributed by atoms with E-state index in [4.69, 9.17) is 9.84 Å². The van der Waals surface area contributed by atoms with Crippen LogP contribution in [0.25, 0.3) is 0 Å². The lowest BCUT2D eigenvalue weighted by atomic mass is 10.2. The lowest BCUT2D eigenvalue weighted by Crippen LogP contribution is -2.11. The summed E-state index contributed by atoms with van der Waals surface area (Å²) >= 11 is 3.37. The van der Waals surface area contributed by atoms with Gasteiger partial charge in [-0.15, -0.1) is 0 Å². The SMILES string of the molecule is CCCC(C)Oc1ccc(Br)c(CO)c1. The van der Waals surface area contributed by atoms with Gasteiger partial charge in [-0.3, -0.25) is 0 Å². The first-order valence-electron chi connectivity index (χ1n) is 5.23. The van der Waals surface area contributed by atoms with Crippen molar-refractivity contribution in [3.8, 4) is 5.75 Å². The van der Waals surface area contributed by atoms with Gasteiger partial charge in [0.05, 0.1) is 12.7 Å². The molecule has 1 aromatic rings. The molecule has 3 heteroatoms. The summed E-state index contributed by atoms with van der Waals surface area (Å²) in [6.45, 7) is 4.23. The third-order valence-electron chi connectivity index (χ3n) is 2.22. The lowest BCUT2D eigenvalue weighted by Gasteiger charge is -2.14. The van der Waals surface area contributed by atoms with Gasteiger partial charge in [-0.25, -0.2) is 0 Å². The Morgan fingerprint density at radius 3 is 2.80 bits per heavy atom. The largest absolute Gasteiger partial charge is 0.491 e. The predicted molar refractivity (Wildman–Crippen MR) is 65.1 cm³/mol. The van der Waals surface area contributed by atoms with Crippen molar-refractivity contribution >= 4 is 15.9 Å². The quantitative estimate of drug-likeness (QED) is 0.889. The second-order valence-electron chi connectivity index (χ2n) is 3.63. The molecule has 0 spiro atoms. The van der Waals surface area contributed by atoms with Gasteiger partial charge >= 0.3 is 0 Å². The van der Waals surface area contributed by atoms with Crippen LogP contribution in [0.1, 0.15) is 32.3 Å². The second kappa shape index (κ2) is 6.13. The number of benzene rings is 1. The van der Waals surface area contributed by atoms with Crippen LogP contribution in [0, 0.1) is 0 Å². The van der Waals surface area contributed by atoms with E-state index in [-0.39, 0.29) is 12.7 Å². The third kappa shape index (κ3) is 3.84. The summed E-state index contributed by atoms with van der Waals surface area (Å²) in [6, 6.07) is 5.69. The van der Waals surface area contributed by atoms with Crippen molar-refractivity contribution < 1.29 is 9.84 Å². The summed E-state index contributed by atoms with van der Waals surface area (Å²) in [6.07, 6.45) is 2.39. The number of halogens is 1. The third-order valence-corrected chi connectivity index (χ3v) is 2.99. The van der Waals surface area contributed by atoms with E-state index in [1.54, 1.807) is 0 Å². The van der Waals surface area contributed by atoms with Gasteiger partial charge in [0.2, 0.25) is 0 Å². The van der Waals surface area contributed by atoms with E-state index in [0.29, 0.717) is 0 Å². The molecular formula is C12H17BrO2. The molecule has 0 heterocycles. The molecule has 0 radical (unpaired) electrons. The van der Waals surface area contributed by atoms with Crippen LogP contribution in [0.15, 0.2) is 22.7 Å². The Labute approximate surface area is 99.4 Å². The number of aliphatic hydroxyl groups excluding tert-OH is 1. The van der Waals surface area contributed by atoms with Gasteiger partial charge < -0.3 is 9.84 Å². The van der Waals surface area contributed by atoms with Gasteiger partial charge in [0.1, 0.15) is 5.75 Å². The van der Waals surface area contributed by atoms with Gasteiger partial charge in [-0.05, 0) is 37.1 Å². The number of ether oxygens (including phenoxy) is 1. The number of hydrogen-bond donors (Lipinski definition) is 1. The molecule has 0 aliphatic carbocycles. The van der Waals surface area contributed by atoms with Crippen LogP contribution in [0.4, 0.5) is 0 Å². The first kappa shape index (κ1) is 12.5. The Bertz CT molecular complexity index is 312.